The molecule has 0 bridgehead atoms. The topological polar surface area (TPSA) is 15.3 Å². The third-order valence-corrected chi connectivity index (χ3v) is 3.98. The number of likely N-dealkylation sites (tertiary alicyclic amines) is 1. The number of nitrogens with zero attached hydrogens (tertiary/aromatic N) is 1. The molecule has 88 valence electrons. The fraction of sp³-hybridized carbons (Fsp3) is 1.00. The fourth-order valence-electron chi connectivity index (χ4n) is 2.65. The highest BCUT2D eigenvalue weighted by atomic mass is 15.1. The van der Waals surface area contributed by atoms with Crippen molar-refractivity contribution in [1.29, 1.82) is 0 Å². The minimum atomic E-state index is 1.07. The van der Waals surface area contributed by atoms with Crippen LogP contribution in [0.1, 0.15) is 44.9 Å². The molecule has 2 rings (SSSR count). The van der Waals surface area contributed by atoms with Gasteiger partial charge in [0.05, 0.1) is 0 Å². The second-order valence-electron chi connectivity index (χ2n) is 5.24. The van der Waals surface area contributed by atoms with Crippen molar-refractivity contribution < 1.29 is 0 Å². The normalized spacial score (nSPS) is 23.2. The number of nitrogens with one attached hydrogen (secondary N) is 1. The molecule has 1 N–H and O–H groups in total. The van der Waals surface area contributed by atoms with Crippen LogP contribution in [0.15, 0.2) is 0 Å². The lowest BCUT2D eigenvalue weighted by molar-refractivity contribution is 0.289. The van der Waals surface area contributed by atoms with E-state index in [4.69, 9.17) is 0 Å². The summed E-state index contributed by atoms with van der Waals surface area (Å²) >= 11 is 0. The van der Waals surface area contributed by atoms with Crippen LogP contribution in [0.2, 0.25) is 0 Å². The maximum absolute atomic E-state index is 3.58. The molecule has 15 heavy (non-hydrogen) atoms. The van der Waals surface area contributed by atoms with E-state index < -0.39 is 0 Å². The zero-order valence-corrected chi connectivity index (χ0v) is 10.0. The van der Waals surface area contributed by atoms with E-state index in [0.29, 0.717) is 0 Å². The second-order valence-corrected chi connectivity index (χ2v) is 5.24. The van der Waals surface area contributed by atoms with E-state index in [-0.39, 0.29) is 0 Å². The molecule has 0 aromatic carbocycles. The highest BCUT2D eigenvalue weighted by Gasteiger charge is 2.16. The number of rotatable bonds is 7. The van der Waals surface area contributed by atoms with E-state index in [1.165, 1.54) is 77.7 Å². The standard InChI is InChI=1S/C13H26N2/c1-2-11-15(10-1)12-4-8-14-9-7-13-5-3-6-13/h13-14H,1-12H2. The van der Waals surface area contributed by atoms with Gasteiger partial charge in [-0.15, -0.1) is 0 Å². The molecule has 0 amide bonds. The van der Waals surface area contributed by atoms with E-state index in [9.17, 15) is 0 Å². The minimum Gasteiger partial charge on any atom is -0.317 e. The van der Waals surface area contributed by atoms with E-state index in [1.54, 1.807) is 0 Å². The molecule has 2 nitrogen and oxygen atoms in total. The van der Waals surface area contributed by atoms with Gasteiger partial charge in [-0.3, -0.25) is 0 Å². The summed E-state index contributed by atoms with van der Waals surface area (Å²) in [6, 6.07) is 0. The van der Waals surface area contributed by atoms with E-state index in [0.717, 1.165) is 5.92 Å². The van der Waals surface area contributed by atoms with Gasteiger partial charge in [0.2, 0.25) is 0 Å². The van der Waals surface area contributed by atoms with Crippen LogP contribution in [-0.2, 0) is 0 Å². The smallest absolute Gasteiger partial charge is 0.000664 e. The average Bonchev–Trinajstić information content (AvgIpc) is 2.66. The van der Waals surface area contributed by atoms with Gasteiger partial charge in [0.15, 0.2) is 0 Å². The van der Waals surface area contributed by atoms with Gasteiger partial charge in [0.1, 0.15) is 0 Å². The van der Waals surface area contributed by atoms with Crippen molar-refractivity contribution in [2.45, 2.75) is 44.9 Å². The van der Waals surface area contributed by atoms with Crippen molar-refractivity contribution in [3.63, 3.8) is 0 Å². The highest BCUT2D eigenvalue weighted by Crippen LogP contribution is 2.28. The fourth-order valence-corrected chi connectivity index (χ4v) is 2.65. The van der Waals surface area contributed by atoms with Crippen LogP contribution in [-0.4, -0.2) is 37.6 Å². The number of hydrogen-bond acceptors (Lipinski definition) is 2. The van der Waals surface area contributed by atoms with E-state index >= 15 is 0 Å². The van der Waals surface area contributed by atoms with Crippen LogP contribution in [0.3, 0.4) is 0 Å². The lowest BCUT2D eigenvalue weighted by Gasteiger charge is -2.25. The molecule has 2 aliphatic rings. The van der Waals surface area contributed by atoms with Crippen molar-refractivity contribution in [2.24, 2.45) is 5.92 Å². The van der Waals surface area contributed by atoms with Crippen LogP contribution >= 0.6 is 0 Å². The van der Waals surface area contributed by atoms with Gasteiger partial charge >= 0.3 is 0 Å². The molecule has 2 heteroatoms. The van der Waals surface area contributed by atoms with E-state index in [1.807, 2.05) is 0 Å². The first-order chi connectivity index (χ1) is 7.45. The molecular formula is C13H26N2. The summed E-state index contributed by atoms with van der Waals surface area (Å²) in [5.41, 5.74) is 0. The number of hydrogen-bond donors (Lipinski definition) is 1. The third kappa shape index (κ3) is 4.12. The summed E-state index contributed by atoms with van der Waals surface area (Å²) in [4.78, 5) is 2.60. The van der Waals surface area contributed by atoms with Crippen molar-refractivity contribution in [2.75, 3.05) is 32.7 Å². The largest absolute Gasteiger partial charge is 0.317 e. The van der Waals surface area contributed by atoms with Crippen LogP contribution in [0.4, 0.5) is 0 Å². The summed E-state index contributed by atoms with van der Waals surface area (Å²) < 4.78 is 0. The zero-order chi connectivity index (χ0) is 10.3. The van der Waals surface area contributed by atoms with Crippen LogP contribution in [0.5, 0.6) is 0 Å². The molecule has 0 unspecified atom stereocenters. The van der Waals surface area contributed by atoms with E-state index in [2.05, 4.69) is 10.2 Å². The van der Waals surface area contributed by atoms with Crippen LogP contribution in [0.25, 0.3) is 0 Å². The van der Waals surface area contributed by atoms with Crippen molar-refractivity contribution >= 4 is 0 Å². The zero-order valence-electron chi connectivity index (χ0n) is 10.0. The summed E-state index contributed by atoms with van der Waals surface area (Å²) in [5.74, 6) is 1.07. The summed E-state index contributed by atoms with van der Waals surface area (Å²) in [6.45, 7) is 6.49. The minimum absolute atomic E-state index is 1.07. The molecule has 2 fully saturated rings. The molecule has 0 aromatic rings. The lowest BCUT2D eigenvalue weighted by atomic mass is 9.83. The molecule has 0 atom stereocenters. The molecule has 1 aliphatic heterocycles. The Morgan fingerprint density at radius 3 is 2.47 bits per heavy atom. The monoisotopic (exact) mass is 210 g/mol. The Morgan fingerprint density at radius 1 is 1.00 bits per heavy atom. The molecule has 0 radical (unpaired) electrons. The molecule has 0 spiro atoms. The Labute approximate surface area is 94.4 Å². The quantitative estimate of drug-likeness (QED) is 0.648. The van der Waals surface area contributed by atoms with Gasteiger partial charge < -0.3 is 10.2 Å². The summed E-state index contributed by atoms with van der Waals surface area (Å²) in [6.07, 6.45) is 10.1. The van der Waals surface area contributed by atoms with Crippen LogP contribution in [0, 0.1) is 5.92 Å². The predicted octanol–water partition coefficient (Wildman–Crippen LogP) is 2.25. The maximum atomic E-state index is 3.58. The molecule has 1 saturated carbocycles. The maximum Gasteiger partial charge on any atom is -0.000664 e. The molecule has 1 aliphatic carbocycles. The average molecular weight is 210 g/mol. The Balaban J connectivity index is 1.35. The Bertz CT molecular complexity index is 160. The van der Waals surface area contributed by atoms with Crippen molar-refractivity contribution in [3.05, 3.63) is 0 Å². The van der Waals surface area contributed by atoms with Crippen LogP contribution < -0.4 is 5.32 Å². The first-order valence-electron chi connectivity index (χ1n) is 6.88. The van der Waals surface area contributed by atoms with Gasteiger partial charge in [-0.25, -0.2) is 0 Å². The lowest BCUT2D eigenvalue weighted by Crippen LogP contribution is -2.26. The Hall–Kier alpha value is -0.0800. The second kappa shape index (κ2) is 6.49. The molecule has 0 aromatic heterocycles. The van der Waals surface area contributed by atoms with Gasteiger partial charge in [0.25, 0.3) is 0 Å². The highest BCUT2D eigenvalue weighted by molar-refractivity contribution is 4.70. The molecular weight excluding hydrogens is 184 g/mol. The summed E-state index contributed by atoms with van der Waals surface area (Å²) in [7, 11) is 0. The predicted molar refractivity (Wildman–Crippen MR) is 65.1 cm³/mol. The van der Waals surface area contributed by atoms with Crippen molar-refractivity contribution in [3.8, 4) is 0 Å². The molecule has 1 heterocycles. The van der Waals surface area contributed by atoms with Gasteiger partial charge in [-0.2, -0.15) is 0 Å². The van der Waals surface area contributed by atoms with Gasteiger partial charge in [-0.05, 0) is 64.3 Å². The summed E-state index contributed by atoms with van der Waals surface area (Å²) in [5, 5.41) is 3.58. The Morgan fingerprint density at radius 2 is 1.80 bits per heavy atom. The van der Waals surface area contributed by atoms with Gasteiger partial charge in [-0.1, -0.05) is 19.3 Å². The van der Waals surface area contributed by atoms with Gasteiger partial charge in [0, 0.05) is 0 Å². The first kappa shape index (κ1) is 11.4. The third-order valence-electron chi connectivity index (χ3n) is 3.98. The molecule has 1 saturated heterocycles. The SMILES string of the molecule is C1CC(CCNCCCN2CCCC2)C1. The van der Waals surface area contributed by atoms with Crippen molar-refractivity contribution in [1.82, 2.24) is 10.2 Å². The first-order valence-corrected chi connectivity index (χ1v) is 6.88. The Kier molecular flexibility index (Phi) is 4.94.